The fourth-order valence-electron chi connectivity index (χ4n) is 7.10. The number of rotatable bonds is 12. The van der Waals surface area contributed by atoms with Crippen molar-refractivity contribution < 1.29 is 24.8 Å². The predicted molar refractivity (Wildman–Crippen MR) is 181 cm³/mol. The van der Waals surface area contributed by atoms with Gasteiger partial charge in [0.05, 0.1) is 37.8 Å². The highest BCUT2D eigenvalue weighted by Crippen LogP contribution is 2.39. The molecule has 2 heterocycles. The number of aromatic amines is 1. The number of hydrogen-bond acceptors (Lipinski definition) is 7. The fourth-order valence-corrected chi connectivity index (χ4v) is 7.10. The molecule has 5 rings (SSSR count). The van der Waals surface area contributed by atoms with Gasteiger partial charge >= 0.3 is 0 Å². The van der Waals surface area contributed by atoms with E-state index in [4.69, 9.17) is 15.2 Å². The summed E-state index contributed by atoms with van der Waals surface area (Å²) >= 11 is 0. The highest BCUT2D eigenvalue weighted by molar-refractivity contribution is 5.44. The van der Waals surface area contributed by atoms with Crippen LogP contribution in [0.15, 0.2) is 72.2 Å². The molecule has 2 aliphatic carbocycles. The Hall–Kier alpha value is -3.64. The van der Waals surface area contributed by atoms with Gasteiger partial charge in [0.2, 0.25) is 0 Å². The molecule has 0 spiro atoms. The van der Waals surface area contributed by atoms with Crippen molar-refractivity contribution >= 4 is 0 Å². The third kappa shape index (κ3) is 9.00. The van der Waals surface area contributed by atoms with Gasteiger partial charge in [-0.2, -0.15) is 0 Å². The van der Waals surface area contributed by atoms with Crippen LogP contribution in [0.4, 0.5) is 0 Å². The molecule has 7 N–H and O–H groups in total. The minimum absolute atomic E-state index is 0.0470. The zero-order valence-electron chi connectivity index (χ0n) is 27.0. The number of H-pyrrole nitrogens is 1. The predicted octanol–water partition coefficient (Wildman–Crippen LogP) is 5.30. The lowest BCUT2D eigenvalue weighted by Gasteiger charge is -2.34. The molecule has 7 atom stereocenters. The molecule has 3 aliphatic rings. The Morgan fingerprint density at radius 2 is 1.98 bits per heavy atom. The summed E-state index contributed by atoms with van der Waals surface area (Å²) in [5.74, 6) is 8.38. The van der Waals surface area contributed by atoms with Gasteiger partial charge in [0.1, 0.15) is 0 Å². The maximum Gasteiger partial charge on any atom is 0.161 e. The molecule has 1 aliphatic heterocycles. The van der Waals surface area contributed by atoms with Crippen molar-refractivity contribution in [3.8, 4) is 23.3 Å². The van der Waals surface area contributed by atoms with Crippen LogP contribution >= 0.6 is 0 Å². The minimum atomic E-state index is -0.645. The normalized spacial score (nSPS) is 27.1. The van der Waals surface area contributed by atoms with Crippen LogP contribution in [0.25, 0.3) is 0 Å². The number of allylic oxidation sites excluding steroid dienone is 4. The number of phenols is 1. The van der Waals surface area contributed by atoms with Crippen LogP contribution in [0.5, 0.6) is 11.5 Å². The van der Waals surface area contributed by atoms with E-state index >= 15 is 0 Å². The summed E-state index contributed by atoms with van der Waals surface area (Å²) in [4.78, 5) is 3.31. The summed E-state index contributed by atoms with van der Waals surface area (Å²) in [6.07, 6.45) is 16.7. The summed E-state index contributed by atoms with van der Waals surface area (Å²) in [5, 5.41) is 35.1. The molecule has 0 amide bonds. The van der Waals surface area contributed by atoms with E-state index in [-0.39, 0.29) is 48.7 Å². The quantitative estimate of drug-likeness (QED) is 0.139. The zero-order chi connectivity index (χ0) is 32.3. The third-order valence-corrected chi connectivity index (χ3v) is 9.70. The zero-order valence-corrected chi connectivity index (χ0v) is 27.0. The van der Waals surface area contributed by atoms with E-state index in [1.165, 1.54) is 5.57 Å². The summed E-state index contributed by atoms with van der Waals surface area (Å²) in [7, 11) is 0. The van der Waals surface area contributed by atoms with Crippen LogP contribution in [0, 0.1) is 35.5 Å². The maximum atomic E-state index is 11.7. The van der Waals surface area contributed by atoms with E-state index in [0.717, 1.165) is 56.2 Å². The van der Waals surface area contributed by atoms with Gasteiger partial charge in [-0.15, -0.1) is 0 Å². The Kier molecular flexibility index (Phi) is 12.3. The summed E-state index contributed by atoms with van der Waals surface area (Å²) < 4.78 is 12.4. The van der Waals surface area contributed by atoms with E-state index in [9.17, 15) is 15.3 Å². The molecule has 0 saturated heterocycles. The summed E-state index contributed by atoms with van der Waals surface area (Å²) in [6, 6.07) is 9.59. The number of aliphatic hydroxyl groups is 2. The number of nitrogens with two attached hydrogens (primary N) is 1. The molecule has 7 unspecified atom stereocenters. The van der Waals surface area contributed by atoms with E-state index in [1.54, 1.807) is 6.07 Å². The number of fused-ring (bicyclic) bond motifs is 1. The van der Waals surface area contributed by atoms with Crippen molar-refractivity contribution in [1.29, 1.82) is 0 Å². The van der Waals surface area contributed by atoms with Gasteiger partial charge < -0.3 is 40.8 Å². The van der Waals surface area contributed by atoms with E-state index < -0.39 is 6.10 Å². The number of nitrogens with one attached hydrogen (secondary N) is 2. The van der Waals surface area contributed by atoms with E-state index in [0.29, 0.717) is 37.1 Å². The number of benzene rings is 1. The number of hydrogen-bond donors (Lipinski definition) is 6. The number of aromatic hydroxyl groups is 1. The molecular formula is C38H51N3O5. The maximum absolute atomic E-state index is 11.7. The molecular weight excluding hydrogens is 578 g/mol. The summed E-state index contributed by atoms with van der Waals surface area (Å²) in [6.45, 7) is 3.51. The third-order valence-electron chi connectivity index (χ3n) is 9.70. The van der Waals surface area contributed by atoms with Crippen LogP contribution < -0.4 is 15.8 Å². The number of aliphatic hydroxyl groups excluding tert-OH is 2. The van der Waals surface area contributed by atoms with Crippen LogP contribution in [0.2, 0.25) is 0 Å². The molecule has 46 heavy (non-hydrogen) atoms. The van der Waals surface area contributed by atoms with Gasteiger partial charge in [-0.3, -0.25) is 0 Å². The monoisotopic (exact) mass is 629 g/mol. The van der Waals surface area contributed by atoms with Crippen LogP contribution in [-0.2, 0) is 11.2 Å². The highest BCUT2D eigenvalue weighted by atomic mass is 16.5. The molecule has 1 aromatic heterocycles. The van der Waals surface area contributed by atoms with Crippen LogP contribution in [0.3, 0.4) is 0 Å². The number of aromatic nitrogens is 1. The molecule has 0 saturated carbocycles. The standard InChI is InChI=1S/C38H51N3O5/c1-2-26-6-3-4-8-35(46-21-19-42)38-27(10-9-26)11-12-28(23-34(38)44)29-13-14-33(43)36(24-29)45-20-16-31(22-32-7-5-17-40-32)30-15-18-41-37(39)25-30/h5,7,11-15,17,24-28,31,34-35,38,40-44H,2-4,6,8,16,18-23,39H2,1H3. The summed E-state index contributed by atoms with van der Waals surface area (Å²) in [5.41, 5.74) is 9.38. The van der Waals surface area contributed by atoms with Crippen molar-refractivity contribution in [2.75, 3.05) is 26.4 Å². The van der Waals surface area contributed by atoms with Gasteiger partial charge in [-0.05, 0) is 85.9 Å². The highest BCUT2D eigenvalue weighted by Gasteiger charge is 2.37. The first-order valence-electron chi connectivity index (χ1n) is 17.0. The van der Waals surface area contributed by atoms with Crippen molar-refractivity contribution in [1.82, 2.24) is 10.3 Å². The Labute approximate surface area is 273 Å². The van der Waals surface area contributed by atoms with E-state index in [2.05, 4.69) is 53.4 Å². The number of dihydropyridines is 1. The topological polar surface area (TPSA) is 133 Å². The van der Waals surface area contributed by atoms with Crippen molar-refractivity contribution in [3.63, 3.8) is 0 Å². The van der Waals surface area contributed by atoms with Gasteiger partial charge in [0.25, 0.3) is 0 Å². The Bertz CT molecular complexity index is 1410. The largest absolute Gasteiger partial charge is 0.504 e. The van der Waals surface area contributed by atoms with Gasteiger partial charge in [-0.1, -0.05) is 55.9 Å². The molecule has 8 nitrogen and oxygen atoms in total. The van der Waals surface area contributed by atoms with Crippen molar-refractivity contribution in [2.45, 2.75) is 76.4 Å². The Morgan fingerprint density at radius 1 is 1.11 bits per heavy atom. The van der Waals surface area contributed by atoms with Crippen molar-refractivity contribution in [3.05, 3.63) is 83.5 Å². The molecule has 0 fully saturated rings. The molecule has 0 bridgehead atoms. The first-order chi connectivity index (χ1) is 22.4. The molecule has 248 valence electrons. The lowest BCUT2D eigenvalue weighted by molar-refractivity contribution is -0.0602. The second kappa shape index (κ2) is 16.8. The van der Waals surface area contributed by atoms with Crippen LogP contribution in [0.1, 0.15) is 69.0 Å². The second-order valence-electron chi connectivity index (χ2n) is 12.9. The van der Waals surface area contributed by atoms with Gasteiger partial charge in [0.15, 0.2) is 11.5 Å². The fraction of sp³-hybridized carbons (Fsp3) is 0.526. The first kappa shape index (κ1) is 33.7. The Morgan fingerprint density at radius 3 is 2.76 bits per heavy atom. The molecule has 1 aromatic carbocycles. The number of ether oxygens (including phenoxy) is 2. The smallest absolute Gasteiger partial charge is 0.161 e. The molecule has 8 heteroatoms. The molecule has 2 aromatic rings. The van der Waals surface area contributed by atoms with Gasteiger partial charge in [-0.25, -0.2) is 0 Å². The van der Waals surface area contributed by atoms with Crippen molar-refractivity contribution in [2.24, 2.45) is 29.4 Å². The lowest BCUT2D eigenvalue weighted by Crippen LogP contribution is -2.39. The molecule has 0 radical (unpaired) electrons. The second-order valence-corrected chi connectivity index (χ2v) is 12.9. The number of phenolic OH excluding ortho intramolecular Hbond substituents is 1. The average Bonchev–Trinajstić information content (AvgIpc) is 3.52. The van der Waals surface area contributed by atoms with Crippen LogP contribution in [-0.4, -0.2) is 58.9 Å². The lowest BCUT2D eigenvalue weighted by atomic mass is 9.79. The Balaban J connectivity index is 1.32. The van der Waals surface area contributed by atoms with E-state index in [1.807, 2.05) is 30.5 Å². The first-order valence-corrected chi connectivity index (χ1v) is 17.0. The SMILES string of the molecule is CCC1C#CC2C=CC(c3ccc(O)c(OCCC(Cc4ccc[nH]4)C4=CCNC(N)=C4)c3)CC(O)C2C(OCCO)CCCC1. The minimum Gasteiger partial charge on any atom is -0.504 e. The average molecular weight is 630 g/mol. The van der Waals surface area contributed by atoms with Gasteiger partial charge in [0, 0.05) is 42.1 Å².